The smallest absolute Gasteiger partial charge is 0.406 e. The van der Waals surface area contributed by atoms with Gasteiger partial charge in [-0.15, -0.1) is 13.2 Å². The fourth-order valence-corrected chi connectivity index (χ4v) is 2.86. The quantitative estimate of drug-likeness (QED) is 0.903. The van der Waals surface area contributed by atoms with Crippen molar-refractivity contribution in [3.05, 3.63) is 29.8 Å². The molecule has 0 bridgehead atoms. The van der Waals surface area contributed by atoms with E-state index in [1.54, 1.807) is 11.9 Å². The molecule has 0 radical (unpaired) electrons. The molecule has 128 valence electrons. The minimum atomic E-state index is -4.70. The number of nitrogens with two attached hydrogens (primary N) is 1. The molecule has 0 aliphatic heterocycles. The highest BCUT2D eigenvalue weighted by atomic mass is 19.4. The second kappa shape index (κ2) is 7.21. The van der Waals surface area contributed by atoms with Crippen molar-refractivity contribution in [3.63, 3.8) is 0 Å². The van der Waals surface area contributed by atoms with Crippen molar-refractivity contribution < 1.29 is 22.7 Å². The van der Waals surface area contributed by atoms with E-state index in [4.69, 9.17) is 5.73 Å². The molecule has 2 atom stereocenters. The molecule has 4 nitrogen and oxygen atoms in total. The minimum absolute atomic E-state index is 0.00275. The molecule has 0 spiro atoms. The lowest BCUT2D eigenvalue weighted by molar-refractivity contribution is -0.274. The summed E-state index contributed by atoms with van der Waals surface area (Å²) >= 11 is 0. The Morgan fingerprint density at radius 3 is 2.48 bits per heavy atom. The Morgan fingerprint density at radius 1 is 1.30 bits per heavy atom. The van der Waals surface area contributed by atoms with Crippen LogP contribution in [0.1, 0.15) is 31.2 Å². The standard InChI is InChI=1S/C16H21F3N2O2/c1-21(15(22)9-12-3-2-4-14(12)20)10-11-5-7-13(8-6-11)23-16(17,18)19/h5-8,12,14H,2-4,9-10,20H2,1H3/t12-,14+/m0/s1. The lowest BCUT2D eigenvalue weighted by Crippen LogP contribution is -2.32. The molecular weight excluding hydrogens is 309 g/mol. The van der Waals surface area contributed by atoms with Gasteiger partial charge in [0.15, 0.2) is 0 Å². The number of alkyl halides is 3. The van der Waals surface area contributed by atoms with E-state index in [1.165, 1.54) is 24.3 Å². The van der Waals surface area contributed by atoms with E-state index in [1.807, 2.05) is 0 Å². The van der Waals surface area contributed by atoms with Crippen LogP contribution in [0.15, 0.2) is 24.3 Å². The third-order valence-electron chi connectivity index (χ3n) is 4.16. The van der Waals surface area contributed by atoms with Crippen LogP contribution in [0, 0.1) is 5.92 Å². The van der Waals surface area contributed by atoms with Gasteiger partial charge in [-0.3, -0.25) is 4.79 Å². The van der Waals surface area contributed by atoms with Crippen LogP contribution in [0.2, 0.25) is 0 Å². The van der Waals surface area contributed by atoms with Gasteiger partial charge in [0.1, 0.15) is 5.75 Å². The molecule has 1 aromatic rings. The van der Waals surface area contributed by atoms with Crippen molar-refractivity contribution in [1.29, 1.82) is 0 Å². The SMILES string of the molecule is CN(Cc1ccc(OC(F)(F)F)cc1)C(=O)C[C@@H]1CCC[C@H]1N. The molecule has 1 aliphatic rings. The minimum Gasteiger partial charge on any atom is -0.406 e. The fraction of sp³-hybridized carbons (Fsp3) is 0.562. The zero-order chi connectivity index (χ0) is 17.0. The maximum absolute atomic E-state index is 12.2. The summed E-state index contributed by atoms with van der Waals surface area (Å²) in [5, 5.41) is 0. The average molecular weight is 330 g/mol. The molecule has 0 unspecified atom stereocenters. The number of hydrogen-bond donors (Lipinski definition) is 1. The van der Waals surface area contributed by atoms with E-state index in [0.29, 0.717) is 13.0 Å². The van der Waals surface area contributed by atoms with Crippen molar-refractivity contribution in [3.8, 4) is 5.75 Å². The summed E-state index contributed by atoms with van der Waals surface area (Å²) in [6.45, 7) is 0.340. The van der Waals surface area contributed by atoms with Gasteiger partial charge in [0.2, 0.25) is 5.91 Å². The highest BCUT2D eigenvalue weighted by Crippen LogP contribution is 2.27. The Kier molecular flexibility index (Phi) is 5.51. The number of carbonyl (C=O) groups excluding carboxylic acids is 1. The highest BCUT2D eigenvalue weighted by Gasteiger charge is 2.31. The second-order valence-electron chi connectivity index (χ2n) is 6.00. The summed E-state index contributed by atoms with van der Waals surface area (Å²) in [6.07, 6.45) is -1.28. The molecule has 2 rings (SSSR count). The summed E-state index contributed by atoms with van der Waals surface area (Å²) in [5.41, 5.74) is 6.71. The molecule has 1 amide bonds. The molecule has 0 saturated heterocycles. The first-order valence-electron chi connectivity index (χ1n) is 7.59. The third-order valence-corrected chi connectivity index (χ3v) is 4.16. The van der Waals surface area contributed by atoms with Gasteiger partial charge >= 0.3 is 6.36 Å². The third kappa shape index (κ3) is 5.42. The number of amides is 1. The predicted molar refractivity (Wildman–Crippen MR) is 79.5 cm³/mol. The van der Waals surface area contributed by atoms with Gasteiger partial charge in [0.05, 0.1) is 0 Å². The topological polar surface area (TPSA) is 55.6 Å². The summed E-state index contributed by atoms with van der Waals surface area (Å²) in [5.74, 6) is -0.0392. The fourth-order valence-electron chi connectivity index (χ4n) is 2.86. The van der Waals surface area contributed by atoms with E-state index in [2.05, 4.69) is 4.74 Å². The van der Waals surface area contributed by atoms with Crippen LogP contribution in [0.5, 0.6) is 5.75 Å². The zero-order valence-electron chi connectivity index (χ0n) is 13.0. The summed E-state index contributed by atoms with van der Waals surface area (Å²) < 4.78 is 40.1. The van der Waals surface area contributed by atoms with Crippen LogP contribution in [-0.2, 0) is 11.3 Å². The predicted octanol–water partition coefficient (Wildman–Crippen LogP) is 3.06. The molecule has 1 fully saturated rings. The second-order valence-corrected chi connectivity index (χ2v) is 6.00. The van der Waals surface area contributed by atoms with Crippen molar-refractivity contribution in [2.45, 2.75) is 44.6 Å². The van der Waals surface area contributed by atoms with Crippen LogP contribution in [0.3, 0.4) is 0 Å². The van der Waals surface area contributed by atoms with Crippen molar-refractivity contribution in [2.75, 3.05) is 7.05 Å². The lowest BCUT2D eigenvalue weighted by atomic mass is 9.99. The molecule has 2 N–H and O–H groups in total. The number of hydrogen-bond acceptors (Lipinski definition) is 3. The Hall–Kier alpha value is -1.76. The molecule has 1 saturated carbocycles. The number of benzene rings is 1. The highest BCUT2D eigenvalue weighted by molar-refractivity contribution is 5.76. The Morgan fingerprint density at radius 2 is 1.96 bits per heavy atom. The molecule has 23 heavy (non-hydrogen) atoms. The van der Waals surface area contributed by atoms with Crippen molar-refractivity contribution in [1.82, 2.24) is 4.90 Å². The molecule has 7 heteroatoms. The van der Waals surface area contributed by atoms with E-state index in [-0.39, 0.29) is 23.6 Å². The van der Waals surface area contributed by atoms with Crippen LogP contribution in [0.4, 0.5) is 13.2 Å². The van der Waals surface area contributed by atoms with Gasteiger partial charge in [-0.05, 0) is 36.5 Å². The van der Waals surface area contributed by atoms with Crippen molar-refractivity contribution in [2.24, 2.45) is 11.7 Å². The van der Waals surface area contributed by atoms with Gasteiger partial charge in [-0.1, -0.05) is 18.6 Å². The average Bonchev–Trinajstić information content (AvgIpc) is 2.85. The Labute approximate surface area is 133 Å². The van der Waals surface area contributed by atoms with E-state index < -0.39 is 6.36 Å². The van der Waals surface area contributed by atoms with Gasteiger partial charge < -0.3 is 15.4 Å². The van der Waals surface area contributed by atoms with Gasteiger partial charge in [0.25, 0.3) is 0 Å². The van der Waals surface area contributed by atoms with E-state index in [0.717, 1.165) is 24.8 Å². The maximum atomic E-state index is 12.2. The van der Waals surface area contributed by atoms with Crippen molar-refractivity contribution >= 4 is 5.91 Å². The van der Waals surface area contributed by atoms with Crippen LogP contribution in [0.25, 0.3) is 0 Å². The molecule has 1 aromatic carbocycles. The number of rotatable bonds is 5. The van der Waals surface area contributed by atoms with E-state index in [9.17, 15) is 18.0 Å². The van der Waals surface area contributed by atoms with Gasteiger partial charge in [-0.2, -0.15) is 0 Å². The van der Waals surface area contributed by atoms with Gasteiger partial charge in [0, 0.05) is 26.1 Å². The Bertz CT molecular complexity index is 531. The summed E-state index contributed by atoms with van der Waals surface area (Å²) in [6, 6.07) is 5.62. The maximum Gasteiger partial charge on any atom is 0.573 e. The molecule has 1 aliphatic carbocycles. The van der Waals surface area contributed by atoms with Crippen LogP contribution in [-0.4, -0.2) is 30.3 Å². The molecule has 0 heterocycles. The Balaban J connectivity index is 1.86. The number of nitrogens with zero attached hydrogens (tertiary/aromatic N) is 1. The van der Waals surface area contributed by atoms with Crippen LogP contribution < -0.4 is 10.5 Å². The normalized spacial score (nSPS) is 21.3. The number of carbonyl (C=O) groups is 1. The summed E-state index contributed by atoms with van der Waals surface area (Å²) in [4.78, 5) is 13.8. The first kappa shape index (κ1) is 17.6. The zero-order valence-corrected chi connectivity index (χ0v) is 13.0. The first-order valence-corrected chi connectivity index (χ1v) is 7.59. The van der Waals surface area contributed by atoms with Crippen LogP contribution >= 0.6 is 0 Å². The number of halogens is 3. The first-order chi connectivity index (χ1) is 10.7. The molecule has 0 aromatic heterocycles. The summed E-state index contributed by atoms with van der Waals surface area (Å²) in [7, 11) is 1.68. The molecular formula is C16H21F3N2O2. The lowest BCUT2D eigenvalue weighted by Gasteiger charge is -2.21. The monoisotopic (exact) mass is 330 g/mol. The number of ether oxygens (including phenoxy) is 1. The van der Waals surface area contributed by atoms with Gasteiger partial charge in [-0.25, -0.2) is 0 Å². The van der Waals surface area contributed by atoms with E-state index >= 15 is 0 Å². The largest absolute Gasteiger partial charge is 0.573 e.